The van der Waals surface area contributed by atoms with E-state index in [1.807, 2.05) is 47.6 Å². The van der Waals surface area contributed by atoms with E-state index in [-0.39, 0.29) is 11.2 Å². The topological polar surface area (TPSA) is 69.9 Å². The molecule has 0 aliphatic carbocycles. The molecule has 0 unspecified atom stereocenters. The van der Waals surface area contributed by atoms with Crippen molar-refractivity contribution in [2.24, 2.45) is 10.4 Å². The molecule has 22 heavy (non-hydrogen) atoms. The fourth-order valence-corrected chi connectivity index (χ4v) is 2.58. The molecule has 2 N–H and O–H groups in total. The van der Waals surface area contributed by atoms with Gasteiger partial charge in [-0.2, -0.15) is 0 Å². The average Bonchev–Trinajstić information content (AvgIpc) is 2.29. The van der Waals surface area contributed by atoms with E-state index in [1.165, 1.54) is 6.21 Å². The predicted molar refractivity (Wildman–Crippen MR) is 93.0 cm³/mol. The Hall–Kier alpha value is -1.36. The molecule has 122 valence electrons. The number of halogens is 1. The van der Waals surface area contributed by atoms with Gasteiger partial charge in [-0.1, -0.05) is 57.5 Å². The molecule has 0 aromatic heterocycles. The van der Waals surface area contributed by atoms with Crippen LogP contribution in [0.25, 0.3) is 0 Å². The van der Waals surface area contributed by atoms with E-state index in [1.54, 1.807) is 6.07 Å². The molecule has 0 aliphatic rings. The Morgan fingerprint density at radius 1 is 1.23 bits per heavy atom. The molecule has 0 bridgehead atoms. The standard InChI is InChI=1S/C17H24BrNO3/c1-16(2,3)12-8-11(18)7-10(13(12)20)9-19-14(15(21)22)17(4,5)6/h7-9,14,20H,1-6H3,(H,21,22)/t14-/m1/s1. The first-order chi connectivity index (χ1) is 9.84. The number of phenolic OH excluding ortho intramolecular Hbond substituents is 1. The molecule has 1 aromatic carbocycles. The lowest BCUT2D eigenvalue weighted by Gasteiger charge is -2.24. The maximum atomic E-state index is 11.4. The summed E-state index contributed by atoms with van der Waals surface area (Å²) >= 11 is 3.43. The zero-order valence-corrected chi connectivity index (χ0v) is 15.5. The van der Waals surface area contributed by atoms with E-state index < -0.39 is 17.4 Å². The number of aliphatic imine (C=N–C) groups is 1. The molecular weight excluding hydrogens is 346 g/mol. The van der Waals surface area contributed by atoms with Crippen LogP contribution in [0.5, 0.6) is 5.75 Å². The van der Waals surface area contributed by atoms with Crippen molar-refractivity contribution in [3.8, 4) is 5.75 Å². The largest absolute Gasteiger partial charge is 0.507 e. The minimum Gasteiger partial charge on any atom is -0.507 e. The lowest BCUT2D eigenvalue weighted by atomic mass is 9.85. The third kappa shape index (κ3) is 4.57. The van der Waals surface area contributed by atoms with Crippen LogP contribution in [0.1, 0.15) is 52.7 Å². The number of aliphatic carboxylic acids is 1. The van der Waals surface area contributed by atoms with Crippen LogP contribution in [0.4, 0.5) is 0 Å². The molecule has 1 rings (SSSR count). The van der Waals surface area contributed by atoms with Gasteiger partial charge in [0.15, 0.2) is 6.04 Å². The van der Waals surface area contributed by atoms with Crippen molar-refractivity contribution < 1.29 is 15.0 Å². The van der Waals surface area contributed by atoms with Gasteiger partial charge in [-0.3, -0.25) is 4.99 Å². The average molecular weight is 370 g/mol. The van der Waals surface area contributed by atoms with Gasteiger partial charge in [0.2, 0.25) is 0 Å². The van der Waals surface area contributed by atoms with Crippen LogP contribution in [-0.2, 0) is 10.2 Å². The van der Waals surface area contributed by atoms with Crippen LogP contribution >= 0.6 is 15.9 Å². The summed E-state index contributed by atoms with van der Waals surface area (Å²) in [5.41, 5.74) is 0.560. The highest BCUT2D eigenvalue weighted by molar-refractivity contribution is 9.10. The molecule has 0 fully saturated rings. The number of hydrogen-bond acceptors (Lipinski definition) is 3. The summed E-state index contributed by atoms with van der Waals surface area (Å²) in [4.78, 5) is 15.5. The second kappa shape index (κ2) is 6.41. The number of phenols is 1. The Morgan fingerprint density at radius 2 is 1.77 bits per heavy atom. The molecule has 1 aromatic rings. The van der Waals surface area contributed by atoms with E-state index >= 15 is 0 Å². The molecule has 0 saturated heterocycles. The van der Waals surface area contributed by atoms with Gasteiger partial charge < -0.3 is 10.2 Å². The number of benzene rings is 1. The first-order valence-corrected chi connectivity index (χ1v) is 7.92. The fourth-order valence-electron chi connectivity index (χ4n) is 2.10. The first kappa shape index (κ1) is 18.7. The summed E-state index contributed by atoms with van der Waals surface area (Å²) in [6.07, 6.45) is 1.44. The number of nitrogens with zero attached hydrogens (tertiary/aromatic N) is 1. The zero-order valence-electron chi connectivity index (χ0n) is 13.9. The monoisotopic (exact) mass is 369 g/mol. The summed E-state index contributed by atoms with van der Waals surface area (Å²) in [5.74, 6) is -0.841. The van der Waals surface area contributed by atoms with Gasteiger partial charge in [0.25, 0.3) is 0 Å². The number of hydrogen-bond donors (Lipinski definition) is 2. The van der Waals surface area contributed by atoms with Gasteiger partial charge in [-0.15, -0.1) is 0 Å². The van der Waals surface area contributed by atoms with E-state index in [2.05, 4.69) is 20.9 Å². The second-order valence-electron chi connectivity index (χ2n) is 7.53. The third-order valence-corrected chi connectivity index (χ3v) is 3.79. The van der Waals surface area contributed by atoms with Crippen molar-refractivity contribution in [1.82, 2.24) is 0 Å². The van der Waals surface area contributed by atoms with Crippen molar-refractivity contribution in [2.75, 3.05) is 0 Å². The fraction of sp³-hybridized carbons (Fsp3) is 0.529. The summed E-state index contributed by atoms with van der Waals surface area (Å²) < 4.78 is 0.819. The highest BCUT2D eigenvalue weighted by Crippen LogP contribution is 2.35. The van der Waals surface area contributed by atoms with Gasteiger partial charge in [0.1, 0.15) is 5.75 Å². The summed E-state index contributed by atoms with van der Waals surface area (Å²) in [6, 6.07) is 2.73. The minimum atomic E-state index is -0.978. The minimum absolute atomic E-state index is 0.137. The van der Waals surface area contributed by atoms with Crippen molar-refractivity contribution in [1.29, 1.82) is 0 Å². The van der Waals surface area contributed by atoms with E-state index in [0.29, 0.717) is 5.56 Å². The van der Waals surface area contributed by atoms with E-state index in [4.69, 9.17) is 0 Å². The smallest absolute Gasteiger partial charge is 0.328 e. The van der Waals surface area contributed by atoms with Crippen molar-refractivity contribution in [2.45, 2.75) is 53.0 Å². The Labute approximate surface area is 140 Å². The van der Waals surface area contributed by atoms with Crippen LogP contribution in [0.2, 0.25) is 0 Å². The van der Waals surface area contributed by atoms with Gasteiger partial charge in [-0.05, 0) is 23.0 Å². The van der Waals surface area contributed by atoms with Crippen molar-refractivity contribution in [3.05, 3.63) is 27.7 Å². The van der Waals surface area contributed by atoms with Crippen molar-refractivity contribution in [3.63, 3.8) is 0 Å². The first-order valence-electron chi connectivity index (χ1n) is 7.13. The maximum absolute atomic E-state index is 11.4. The lowest BCUT2D eigenvalue weighted by molar-refractivity contribution is -0.140. The highest BCUT2D eigenvalue weighted by Gasteiger charge is 2.30. The lowest BCUT2D eigenvalue weighted by Crippen LogP contribution is -2.32. The molecule has 1 atom stereocenters. The van der Waals surface area contributed by atoms with Gasteiger partial charge in [-0.25, -0.2) is 4.79 Å². The molecule has 0 spiro atoms. The maximum Gasteiger partial charge on any atom is 0.328 e. The molecule has 5 heteroatoms. The molecule has 0 aliphatic heterocycles. The normalized spacial score (nSPS) is 14.3. The van der Waals surface area contributed by atoms with Crippen LogP contribution in [0.3, 0.4) is 0 Å². The van der Waals surface area contributed by atoms with Crippen LogP contribution in [0.15, 0.2) is 21.6 Å². The molecule has 0 saturated carbocycles. The van der Waals surface area contributed by atoms with E-state index in [9.17, 15) is 15.0 Å². The van der Waals surface area contributed by atoms with Crippen molar-refractivity contribution >= 4 is 28.1 Å². The Balaban J connectivity index is 3.31. The number of rotatable bonds is 3. The molecule has 0 heterocycles. The van der Waals surface area contributed by atoms with E-state index in [0.717, 1.165) is 10.0 Å². The molecule has 4 nitrogen and oxygen atoms in total. The number of aromatic hydroxyl groups is 1. The zero-order chi connectivity index (χ0) is 17.3. The van der Waals surface area contributed by atoms with Gasteiger partial charge in [0.05, 0.1) is 0 Å². The third-order valence-electron chi connectivity index (χ3n) is 3.33. The number of carboxylic acid groups (broad SMARTS) is 1. The second-order valence-corrected chi connectivity index (χ2v) is 8.44. The quantitative estimate of drug-likeness (QED) is 0.777. The predicted octanol–water partition coefficient (Wildman–Crippen LogP) is 4.37. The Kier molecular flexibility index (Phi) is 5.44. The molecule has 0 amide bonds. The molecular formula is C17H24BrNO3. The molecule has 0 radical (unpaired) electrons. The van der Waals surface area contributed by atoms with Crippen LogP contribution in [0, 0.1) is 5.41 Å². The highest BCUT2D eigenvalue weighted by atomic mass is 79.9. The number of carboxylic acids is 1. The Morgan fingerprint density at radius 3 is 2.18 bits per heavy atom. The van der Waals surface area contributed by atoms with Gasteiger partial charge in [0, 0.05) is 21.8 Å². The number of carbonyl (C=O) groups is 1. The van der Waals surface area contributed by atoms with Crippen LogP contribution < -0.4 is 0 Å². The van der Waals surface area contributed by atoms with Gasteiger partial charge >= 0.3 is 5.97 Å². The van der Waals surface area contributed by atoms with Crippen LogP contribution in [-0.4, -0.2) is 28.4 Å². The Bertz CT molecular complexity index is 595. The SMILES string of the molecule is CC(C)(C)c1cc(Br)cc(C=N[C@H](C(=O)O)C(C)(C)C)c1O. The summed E-state index contributed by atoms with van der Waals surface area (Å²) in [7, 11) is 0. The summed E-state index contributed by atoms with van der Waals surface area (Å²) in [6.45, 7) is 11.5. The summed E-state index contributed by atoms with van der Waals surface area (Å²) in [5, 5.41) is 19.8.